The van der Waals surface area contributed by atoms with Crippen LogP contribution in [0.3, 0.4) is 0 Å². The van der Waals surface area contributed by atoms with E-state index in [1.54, 1.807) is 36.7 Å². The molecule has 0 aliphatic carbocycles. The molecule has 2 rings (SSSR count). The number of rotatable bonds is 4. The maximum absolute atomic E-state index is 12.0. The standard InChI is InChI=1S/C14H13ClN2O3S/c1-10(17-14(18)12-6-8-16-9-7-12)11-2-4-13(5-3-11)21(15,19)20/h2-10H,1H3,(H,17,18). The quantitative estimate of drug-likeness (QED) is 0.877. The zero-order chi connectivity index (χ0) is 15.5. The van der Waals surface area contributed by atoms with E-state index in [4.69, 9.17) is 10.7 Å². The maximum Gasteiger partial charge on any atom is 0.261 e. The molecular formula is C14H13ClN2O3S. The summed E-state index contributed by atoms with van der Waals surface area (Å²) >= 11 is 0. The van der Waals surface area contributed by atoms with Crippen molar-refractivity contribution < 1.29 is 13.2 Å². The molecule has 2 aromatic rings. The number of carbonyl (C=O) groups is 1. The van der Waals surface area contributed by atoms with Gasteiger partial charge in [-0.1, -0.05) is 12.1 Å². The Morgan fingerprint density at radius 2 is 1.71 bits per heavy atom. The summed E-state index contributed by atoms with van der Waals surface area (Å²) in [5.41, 5.74) is 1.29. The third-order valence-corrected chi connectivity index (χ3v) is 4.32. The van der Waals surface area contributed by atoms with E-state index in [9.17, 15) is 13.2 Å². The van der Waals surface area contributed by atoms with Gasteiger partial charge in [0.05, 0.1) is 10.9 Å². The fraction of sp³-hybridized carbons (Fsp3) is 0.143. The lowest BCUT2D eigenvalue weighted by atomic mass is 10.1. The van der Waals surface area contributed by atoms with Gasteiger partial charge in [0.25, 0.3) is 15.0 Å². The van der Waals surface area contributed by atoms with Gasteiger partial charge in [-0.3, -0.25) is 9.78 Å². The second-order valence-electron chi connectivity index (χ2n) is 4.44. The molecule has 21 heavy (non-hydrogen) atoms. The minimum Gasteiger partial charge on any atom is -0.346 e. The summed E-state index contributed by atoms with van der Waals surface area (Å²) in [4.78, 5) is 15.9. The molecule has 5 nitrogen and oxygen atoms in total. The van der Waals surface area contributed by atoms with Crippen LogP contribution in [0.5, 0.6) is 0 Å². The van der Waals surface area contributed by atoms with Crippen molar-refractivity contribution in [3.8, 4) is 0 Å². The van der Waals surface area contributed by atoms with Gasteiger partial charge in [-0.25, -0.2) is 8.42 Å². The maximum atomic E-state index is 12.0. The molecule has 0 aliphatic rings. The normalized spacial score (nSPS) is 12.7. The van der Waals surface area contributed by atoms with Crippen LogP contribution in [0.25, 0.3) is 0 Å². The first-order valence-corrected chi connectivity index (χ1v) is 8.44. The molecule has 1 heterocycles. The van der Waals surface area contributed by atoms with E-state index in [0.29, 0.717) is 5.56 Å². The van der Waals surface area contributed by atoms with Crippen LogP contribution in [-0.2, 0) is 9.05 Å². The molecule has 1 N–H and O–H groups in total. The Kier molecular flexibility index (Phi) is 4.59. The number of hydrogen-bond donors (Lipinski definition) is 1. The summed E-state index contributed by atoms with van der Waals surface area (Å²) in [6.45, 7) is 1.81. The average molecular weight is 325 g/mol. The Morgan fingerprint density at radius 1 is 1.14 bits per heavy atom. The van der Waals surface area contributed by atoms with E-state index in [-0.39, 0.29) is 16.8 Å². The molecule has 1 aromatic heterocycles. The minimum atomic E-state index is -3.73. The van der Waals surface area contributed by atoms with Crippen molar-refractivity contribution in [3.05, 3.63) is 59.9 Å². The molecule has 0 aliphatic heterocycles. The zero-order valence-corrected chi connectivity index (χ0v) is 12.7. The lowest BCUT2D eigenvalue weighted by molar-refractivity contribution is 0.0939. The van der Waals surface area contributed by atoms with Crippen LogP contribution in [0.2, 0.25) is 0 Å². The highest BCUT2D eigenvalue weighted by Gasteiger charge is 2.13. The van der Waals surface area contributed by atoms with E-state index in [1.807, 2.05) is 6.92 Å². The molecule has 1 unspecified atom stereocenters. The second kappa shape index (κ2) is 6.24. The van der Waals surface area contributed by atoms with Crippen molar-refractivity contribution in [1.29, 1.82) is 0 Å². The van der Waals surface area contributed by atoms with E-state index in [0.717, 1.165) is 5.56 Å². The Hall–Kier alpha value is -1.92. The van der Waals surface area contributed by atoms with Crippen LogP contribution in [0.1, 0.15) is 28.9 Å². The molecule has 7 heteroatoms. The van der Waals surface area contributed by atoms with Gasteiger partial charge in [0, 0.05) is 28.6 Å². The van der Waals surface area contributed by atoms with Crippen molar-refractivity contribution in [2.24, 2.45) is 0 Å². The number of nitrogens with one attached hydrogen (secondary N) is 1. The summed E-state index contributed by atoms with van der Waals surface area (Å²) in [7, 11) is 1.52. The molecule has 1 amide bonds. The van der Waals surface area contributed by atoms with Crippen LogP contribution in [0.4, 0.5) is 0 Å². The number of amides is 1. The minimum absolute atomic E-state index is 0.0283. The van der Waals surface area contributed by atoms with Gasteiger partial charge in [-0.15, -0.1) is 0 Å². The van der Waals surface area contributed by atoms with Gasteiger partial charge >= 0.3 is 0 Å². The number of carbonyl (C=O) groups excluding carboxylic acids is 1. The fourth-order valence-corrected chi connectivity index (χ4v) is 2.56. The van der Waals surface area contributed by atoms with Crippen molar-refractivity contribution in [2.45, 2.75) is 17.9 Å². The highest BCUT2D eigenvalue weighted by molar-refractivity contribution is 8.13. The van der Waals surface area contributed by atoms with E-state index in [2.05, 4.69) is 10.3 Å². The lowest BCUT2D eigenvalue weighted by Gasteiger charge is -2.14. The Labute approximate surface area is 127 Å². The zero-order valence-electron chi connectivity index (χ0n) is 11.2. The molecule has 110 valence electrons. The lowest BCUT2D eigenvalue weighted by Crippen LogP contribution is -2.26. The van der Waals surface area contributed by atoms with Crippen LogP contribution < -0.4 is 5.32 Å². The second-order valence-corrected chi connectivity index (χ2v) is 7.00. The van der Waals surface area contributed by atoms with Crippen molar-refractivity contribution >= 4 is 25.6 Å². The molecule has 0 spiro atoms. The molecule has 0 saturated heterocycles. The van der Waals surface area contributed by atoms with E-state index < -0.39 is 9.05 Å². The predicted molar refractivity (Wildman–Crippen MR) is 79.6 cm³/mol. The van der Waals surface area contributed by atoms with Gasteiger partial charge in [0.15, 0.2) is 0 Å². The molecular weight excluding hydrogens is 312 g/mol. The van der Waals surface area contributed by atoms with E-state index in [1.165, 1.54) is 12.1 Å². The molecule has 0 radical (unpaired) electrons. The smallest absolute Gasteiger partial charge is 0.261 e. The van der Waals surface area contributed by atoms with Crippen LogP contribution in [0.15, 0.2) is 53.7 Å². The number of halogens is 1. The summed E-state index contributed by atoms with van der Waals surface area (Å²) in [6, 6.07) is 9.02. The first-order chi connectivity index (χ1) is 9.88. The average Bonchev–Trinajstić information content (AvgIpc) is 2.47. The van der Waals surface area contributed by atoms with Crippen molar-refractivity contribution in [3.63, 3.8) is 0 Å². The SMILES string of the molecule is CC(NC(=O)c1ccncc1)c1ccc(S(=O)(=O)Cl)cc1. The first kappa shape index (κ1) is 15.5. The van der Waals surface area contributed by atoms with Crippen molar-refractivity contribution in [1.82, 2.24) is 10.3 Å². The van der Waals surface area contributed by atoms with Crippen LogP contribution >= 0.6 is 10.7 Å². The number of benzene rings is 1. The van der Waals surface area contributed by atoms with Crippen LogP contribution in [0, 0.1) is 0 Å². The van der Waals surface area contributed by atoms with Crippen molar-refractivity contribution in [2.75, 3.05) is 0 Å². The summed E-state index contributed by atoms with van der Waals surface area (Å²) < 4.78 is 22.3. The monoisotopic (exact) mass is 324 g/mol. The van der Waals surface area contributed by atoms with Gasteiger partial charge in [0.1, 0.15) is 0 Å². The Morgan fingerprint density at radius 3 is 2.24 bits per heavy atom. The summed E-state index contributed by atoms with van der Waals surface area (Å²) in [5.74, 6) is -0.223. The molecule has 0 saturated carbocycles. The number of nitrogens with zero attached hydrogens (tertiary/aromatic N) is 1. The van der Waals surface area contributed by atoms with Gasteiger partial charge in [-0.2, -0.15) is 0 Å². The molecule has 1 atom stereocenters. The third kappa shape index (κ3) is 4.03. The van der Waals surface area contributed by atoms with Gasteiger partial charge in [-0.05, 0) is 36.8 Å². The van der Waals surface area contributed by atoms with Gasteiger partial charge in [0.2, 0.25) is 0 Å². The number of aromatic nitrogens is 1. The highest BCUT2D eigenvalue weighted by atomic mass is 35.7. The first-order valence-electron chi connectivity index (χ1n) is 6.13. The molecule has 0 fully saturated rings. The van der Waals surface area contributed by atoms with E-state index >= 15 is 0 Å². The number of hydrogen-bond acceptors (Lipinski definition) is 4. The predicted octanol–water partition coefficient (Wildman–Crippen LogP) is 2.50. The van der Waals surface area contributed by atoms with Crippen LogP contribution in [-0.4, -0.2) is 19.3 Å². The molecule has 0 bridgehead atoms. The summed E-state index contributed by atoms with van der Waals surface area (Å²) in [5, 5.41) is 2.82. The number of pyridine rings is 1. The Bertz CT molecular complexity index is 731. The highest BCUT2D eigenvalue weighted by Crippen LogP contribution is 2.19. The Balaban J connectivity index is 2.10. The summed E-state index contributed by atoms with van der Waals surface area (Å²) in [6.07, 6.45) is 3.08. The molecule has 1 aromatic carbocycles. The fourth-order valence-electron chi connectivity index (χ4n) is 1.79. The largest absolute Gasteiger partial charge is 0.346 e. The third-order valence-electron chi connectivity index (χ3n) is 2.95. The van der Waals surface area contributed by atoms with Gasteiger partial charge < -0.3 is 5.32 Å². The topological polar surface area (TPSA) is 76.1 Å².